The second kappa shape index (κ2) is 9.88. The van der Waals surface area contributed by atoms with Crippen LogP contribution in [0.4, 0.5) is 0 Å². The fourth-order valence-corrected chi connectivity index (χ4v) is 3.93. The zero-order valence-corrected chi connectivity index (χ0v) is 18.2. The van der Waals surface area contributed by atoms with Gasteiger partial charge < -0.3 is 20.5 Å². The number of nitrogens with one attached hydrogen (secondary N) is 1. The molecule has 4 N–H and O–H groups in total. The summed E-state index contributed by atoms with van der Waals surface area (Å²) in [5.74, 6) is 1.25. The minimum atomic E-state index is -0.117. The van der Waals surface area contributed by atoms with Crippen molar-refractivity contribution in [3.8, 4) is 28.5 Å². The molecular formula is C23H28N6O3. The first kappa shape index (κ1) is 21.9. The van der Waals surface area contributed by atoms with E-state index in [1.165, 1.54) is 0 Å². The van der Waals surface area contributed by atoms with Gasteiger partial charge in [-0.2, -0.15) is 5.10 Å². The summed E-state index contributed by atoms with van der Waals surface area (Å²) in [4.78, 5) is 24.3. The molecule has 9 nitrogen and oxygen atoms in total. The van der Waals surface area contributed by atoms with Gasteiger partial charge in [-0.15, -0.1) is 0 Å². The summed E-state index contributed by atoms with van der Waals surface area (Å²) in [5.41, 5.74) is 10.4. The van der Waals surface area contributed by atoms with Gasteiger partial charge >= 0.3 is 0 Å². The zero-order chi connectivity index (χ0) is 22.5. The molecule has 168 valence electrons. The number of aliphatic hydroxyl groups is 1. The van der Waals surface area contributed by atoms with E-state index in [1.807, 2.05) is 30.5 Å². The van der Waals surface area contributed by atoms with Crippen molar-refractivity contribution >= 4 is 5.91 Å². The second-order valence-corrected chi connectivity index (χ2v) is 7.73. The monoisotopic (exact) mass is 436 g/mol. The van der Waals surface area contributed by atoms with E-state index in [0.717, 1.165) is 34.6 Å². The van der Waals surface area contributed by atoms with Crippen LogP contribution in [-0.4, -0.2) is 69.4 Å². The number of ether oxygens (including phenoxy) is 1. The van der Waals surface area contributed by atoms with Crippen LogP contribution < -0.4 is 10.5 Å². The lowest BCUT2D eigenvalue weighted by atomic mass is 9.93. The van der Waals surface area contributed by atoms with Crippen molar-refractivity contribution in [1.82, 2.24) is 25.1 Å². The number of hydrogen-bond donors (Lipinski definition) is 3. The van der Waals surface area contributed by atoms with Gasteiger partial charge in [0.05, 0.1) is 12.8 Å². The molecule has 0 radical (unpaired) electrons. The lowest BCUT2D eigenvalue weighted by molar-refractivity contribution is 0.0737. The number of amides is 1. The van der Waals surface area contributed by atoms with Gasteiger partial charge in [-0.05, 0) is 62.1 Å². The van der Waals surface area contributed by atoms with Gasteiger partial charge in [-0.3, -0.25) is 9.89 Å². The fraction of sp³-hybridized carbons (Fsp3) is 0.391. The van der Waals surface area contributed by atoms with E-state index < -0.39 is 0 Å². The highest BCUT2D eigenvalue weighted by Gasteiger charge is 2.29. The molecule has 9 heteroatoms. The van der Waals surface area contributed by atoms with Crippen LogP contribution in [0.25, 0.3) is 22.8 Å². The maximum atomic E-state index is 13.2. The average molecular weight is 437 g/mol. The number of benzene rings is 1. The number of H-pyrrole nitrogens is 1. The number of aliphatic hydroxyl groups excluding tert-OH is 1. The Balaban J connectivity index is 1.65. The third-order valence-electron chi connectivity index (χ3n) is 5.67. The van der Waals surface area contributed by atoms with E-state index >= 15 is 0 Å². The van der Waals surface area contributed by atoms with Crippen molar-refractivity contribution in [1.29, 1.82) is 0 Å². The Hall–Kier alpha value is -3.30. The van der Waals surface area contributed by atoms with Crippen LogP contribution in [0.15, 0.2) is 30.5 Å². The molecule has 0 aliphatic heterocycles. The van der Waals surface area contributed by atoms with Crippen LogP contribution in [0.2, 0.25) is 0 Å². The number of aromatic amines is 1. The summed E-state index contributed by atoms with van der Waals surface area (Å²) in [6, 6.07) is 7.58. The van der Waals surface area contributed by atoms with Gasteiger partial charge in [0.15, 0.2) is 5.82 Å². The minimum Gasteiger partial charge on any atom is -0.497 e. The first-order valence-electron chi connectivity index (χ1n) is 10.8. The highest BCUT2D eigenvalue weighted by molar-refractivity contribution is 5.95. The molecule has 32 heavy (non-hydrogen) atoms. The highest BCUT2D eigenvalue weighted by atomic mass is 16.5. The number of methoxy groups -OCH3 is 1. The number of fused-ring (bicyclic) bond motifs is 3. The van der Waals surface area contributed by atoms with Crippen molar-refractivity contribution in [2.75, 3.05) is 33.4 Å². The summed E-state index contributed by atoms with van der Waals surface area (Å²) in [6.07, 6.45) is 4.50. The SMILES string of the molecule is COc1ccc(-c2ncc3c(n2)-c2n[nH]c(C(=O)N(CCCN)CCCO)c2CC3)cc1. The van der Waals surface area contributed by atoms with E-state index in [2.05, 4.69) is 15.2 Å². The van der Waals surface area contributed by atoms with Crippen molar-refractivity contribution < 1.29 is 14.6 Å². The number of rotatable bonds is 9. The third-order valence-corrected chi connectivity index (χ3v) is 5.67. The molecule has 1 aliphatic rings. The molecule has 2 heterocycles. The van der Waals surface area contributed by atoms with Gasteiger partial charge in [0, 0.05) is 37.0 Å². The summed E-state index contributed by atoms with van der Waals surface area (Å²) in [6.45, 7) is 1.56. The second-order valence-electron chi connectivity index (χ2n) is 7.73. The molecule has 2 aromatic heterocycles. The molecule has 0 bridgehead atoms. The number of aromatic nitrogens is 4. The first-order chi connectivity index (χ1) is 15.7. The number of aryl methyl sites for hydroxylation is 1. The van der Waals surface area contributed by atoms with E-state index in [-0.39, 0.29) is 12.5 Å². The quantitative estimate of drug-likeness (QED) is 0.466. The Kier molecular flexibility index (Phi) is 6.77. The molecule has 4 rings (SSSR count). The molecule has 0 spiro atoms. The van der Waals surface area contributed by atoms with Gasteiger partial charge in [0.25, 0.3) is 5.91 Å². The standard InChI is InChI=1S/C23H28N6O3/c1-32-17-7-4-15(5-8-17)22-25-14-16-6-9-18-20(19(16)26-22)27-28-21(18)23(31)29(11-2-10-24)12-3-13-30/h4-5,7-8,14,30H,2-3,6,9-13,24H2,1H3,(H,27,28). The van der Waals surface area contributed by atoms with Crippen LogP contribution in [-0.2, 0) is 12.8 Å². The Morgan fingerprint density at radius 3 is 2.69 bits per heavy atom. The largest absolute Gasteiger partial charge is 0.497 e. The van der Waals surface area contributed by atoms with Crippen molar-refractivity contribution in [3.05, 3.63) is 47.3 Å². The smallest absolute Gasteiger partial charge is 0.272 e. The average Bonchev–Trinajstić information content (AvgIpc) is 3.28. The minimum absolute atomic E-state index is 0.0337. The molecule has 3 aromatic rings. The summed E-state index contributed by atoms with van der Waals surface area (Å²) in [7, 11) is 1.63. The predicted octanol–water partition coefficient (Wildman–Crippen LogP) is 1.81. The maximum Gasteiger partial charge on any atom is 0.272 e. The molecule has 0 fully saturated rings. The van der Waals surface area contributed by atoms with E-state index in [4.69, 9.17) is 15.5 Å². The number of nitrogens with two attached hydrogens (primary N) is 1. The number of carbonyl (C=O) groups is 1. The normalized spacial score (nSPS) is 12.2. The van der Waals surface area contributed by atoms with Crippen molar-refractivity contribution in [2.45, 2.75) is 25.7 Å². The zero-order valence-electron chi connectivity index (χ0n) is 18.2. The van der Waals surface area contributed by atoms with Gasteiger partial charge in [0.1, 0.15) is 17.1 Å². The Morgan fingerprint density at radius 2 is 1.97 bits per heavy atom. The maximum absolute atomic E-state index is 13.2. The van der Waals surface area contributed by atoms with Crippen LogP contribution >= 0.6 is 0 Å². The van der Waals surface area contributed by atoms with Crippen LogP contribution in [0.5, 0.6) is 5.75 Å². The lowest BCUT2D eigenvalue weighted by Gasteiger charge is -2.23. The summed E-state index contributed by atoms with van der Waals surface area (Å²) in [5, 5.41) is 16.6. The Morgan fingerprint density at radius 1 is 1.19 bits per heavy atom. The first-order valence-corrected chi connectivity index (χ1v) is 10.8. The lowest BCUT2D eigenvalue weighted by Crippen LogP contribution is -2.35. The molecule has 1 aliphatic carbocycles. The summed E-state index contributed by atoms with van der Waals surface area (Å²) >= 11 is 0. The molecule has 1 aromatic carbocycles. The van der Waals surface area contributed by atoms with Gasteiger partial charge in [-0.25, -0.2) is 9.97 Å². The number of hydrogen-bond acceptors (Lipinski definition) is 7. The summed E-state index contributed by atoms with van der Waals surface area (Å²) < 4.78 is 5.22. The van der Waals surface area contributed by atoms with E-state index in [0.29, 0.717) is 56.1 Å². The molecule has 1 amide bonds. The highest BCUT2D eigenvalue weighted by Crippen LogP contribution is 2.33. The number of carbonyl (C=O) groups excluding carboxylic acids is 1. The van der Waals surface area contributed by atoms with Crippen LogP contribution in [0.3, 0.4) is 0 Å². The predicted molar refractivity (Wildman–Crippen MR) is 120 cm³/mol. The molecule has 0 atom stereocenters. The van der Waals surface area contributed by atoms with Gasteiger partial charge in [-0.1, -0.05) is 0 Å². The molecular weight excluding hydrogens is 408 g/mol. The number of nitrogens with zero attached hydrogens (tertiary/aromatic N) is 4. The van der Waals surface area contributed by atoms with Gasteiger partial charge in [0.2, 0.25) is 0 Å². The van der Waals surface area contributed by atoms with E-state index in [1.54, 1.807) is 12.0 Å². The molecule has 0 unspecified atom stereocenters. The molecule has 0 saturated carbocycles. The van der Waals surface area contributed by atoms with Crippen molar-refractivity contribution in [2.24, 2.45) is 5.73 Å². The topological polar surface area (TPSA) is 130 Å². The Labute approximate surface area is 186 Å². The van der Waals surface area contributed by atoms with Crippen LogP contribution in [0.1, 0.15) is 34.5 Å². The molecule has 0 saturated heterocycles. The third kappa shape index (κ3) is 4.35. The Bertz CT molecular complexity index is 1070. The van der Waals surface area contributed by atoms with Crippen molar-refractivity contribution in [3.63, 3.8) is 0 Å². The van der Waals surface area contributed by atoms with Crippen LogP contribution in [0, 0.1) is 0 Å². The van der Waals surface area contributed by atoms with E-state index in [9.17, 15) is 9.90 Å². The fourth-order valence-electron chi connectivity index (χ4n) is 3.93.